The highest BCUT2D eigenvalue weighted by molar-refractivity contribution is 8.00. The van der Waals surface area contributed by atoms with Crippen LogP contribution in [0.3, 0.4) is 0 Å². The van der Waals surface area contributed by atoms with Gasteiger partial charge in [0, 0.05) is 17.8 Å². The molecule has 0 saturated carbocycles. The number of carbonyl (C=O) groups is 1. The molecule has 0 bridgehead atoms. The van der Waals surface area contributed by atoms with E-state index in [0.29, 0.717) is 17.6 Å². The van der Waals surface area contributed by atoms with Crippen molar-refractivity contribution in [3.05, 3.63) is 72.3 Å². The zero-order valence-electron chi connectivity index (χ0n) is 18.6. The van der Waals surface area contributed by atoms with Crippen LogP contribution in [0.15, 0.2) is 66.3 Å². The van der Waals surface area contributed by atoms with Crippen LogP contribution in [0.4, 0.5) is 5.69 Å². The molecule has 6 heteroatoms. The van der Waals surface area contributed by atoms with Crippen LogP contribution in [-0.4, -0.2) is 25.9 Å². The molecule has 31 heavy (non-hydrogen) atoms. The van der Waals surface area contributed by atoms with E-state index >= 15 is 0 Å². The summed E-state index contributed by atoms with van der Waals surface area (Å²) in [5, 5.41) is 12.3. The van der Waals surface area contributed by atoms with E-state index in [1.807, 2.05) is 47.9 Å². The molecular formula is C25H30N4OS. The maximum Gasteiger partial charge on any atom is 0.237 e. The minimum absolute atomic E-state index is 0.0500. The monoisotopic (exact) mass is 434 g/mol. The molecule has 1 amide bonds. The average Bonchev–Trinajstić information content (AvgIpc) is 3.16. The predicted molar refractivity (Wildman–Crippen MR) is 129 cm³/mol. The lowest BCUT2D eigenvalue weighted by Gasteiger charge is -2.17. The Morgan fingerprint density at radius 2 is 1.97 bits per heavy atom. The van der Waals surface area contributed by atoms with Crippen molar-refractivity contribution >= 4 is 23.4 Å². The first-order valence-corrected chi connectivity index (χ1v) is 11.5. The lowest BCUT2D eigenvalue weighted by Crippen LogP contribution is -2.23. The van der Waals surface area contributed by atoms with Crippen LogP contribution < -0.4 is 5.32 Å². The summed E-state index contributed by atoms with van der Waals surface area (Å²) in [5.74, 6) is 1.11. The number of carbonyl (C=O) groups excluding carboxylic acids is 1. The maximum absolute atomic E-state index is 13.0. The van der Waals surface area contributed by atoms with E-state index in [0.717, 1.165) is 34.6 Å². The molecule has 2 unspecified atom stereocenters. The minimum atomic E-state index is -0.330. The fraction of sp³-hybridized carbons (Fsp3) is 0.320. The molecule has 0 spiro atoms. The van der Waals surface area contributed by atoms with Crippen LogP contribution >= 0.6 is 11.8 Å². The molecule has 1 N–H and O–H groups in total. The molecule has 5 nitrogen and oxygen atoms in total. The van der Waals surface area contributed by atoms with Gasteiger partial charge < -0.3 is 5.32 Å². The first-order valence-electron chi connectivity index (χ1n) is 10.6. The van der Waals surface area contributed by atoms with Crippen molar-refractivity contribution in [2.75, 3.05) is 5.32 Å². The number of benzene rings is 2. The smallest absolute Gasteiger partial charge is 0.237 e. The third kappa shape index (κ3) is 5.44. The molecule has 0 fully saturated rings. The first kappa shape index (κ1) is 22.8. The number of nitrogens with one attached hydrogen (secondary N) is 1. The summed E-state index contributed by atoms with van der Waals surface area (Å²) in [5.41, 5.74) is 4.20. The minimum Gasteiger partial charge on any atom is -0.325 e. The Bertz CT molecular complexity index is 1060. The normalized spacial score (nSPS) is 12.9. The largest absolute Gasteiger partial charge is 0.325 e. The van der Waals surface area contributed by atoms with E-state index in [1.165, 1.54) is 11.8 Å². The first-order chi connectivity index (χ1) is 14.9. The Morgan fingerprint density at radius 3 is 2.68 bits per heavy atom. The number of aryl methyl sites for hydroxylation is 1. The molecule has 0 aliphatic rings. The molecule has 162 valence electrons. The van der Waals surface area contributed by atoms with E-state index < -0.39 is 0 Å². The van der Waals surface area contributed by atoms with Gasteiger partial charge >= 0.3 is 0 Å². The van der Waals surface area contributed by atoms with E-state index in [9.17, 15) is 4.79 Å². The molecule has 0 radical (unpaired) electrons. The molecule has 1 aromatic heterocycles. The van der Waals surface area contributed by atoms with Gasteiger partial charge in [0.2, 0.25) is 5.91 Å². The number of amides is 1. The topological polar surface area (TPSA) is 59.8 Å². The van der Waals surface area contributed by atoms with Crippen molar-refractivity contribution in [2.45, 2.75) is 57.0 Å². The van der Waals surface area contributed by atoms with Gasteiger partial charge in [-0.3, -0.25) is 9.36 Å². The number of hydrogen-bond donors (Lipinski definition) is 1. The molecule has 2 aromatic carbocycles. The summed E-state index contributed by atoms with van der Waals surface area (Å²) in [6, 6.07) is 16.2. The van der Waals surface area contributed by atoms with E-state index in [2.05, 4.69) is 61.1 Å². The number of anilines is 1. The van der Waals surface area contributed by atoms with E-state index in [4.69, 9.17) is 0 Å². The Kier molecular flexibility index (Phi) is 7.69. The Morgan fingerprint density at radius 1 is 1.19 bits per heavy atom. The molecule has 1 heterocycles. The zero-order chi connectivity index (χ0) is 22.4. The van der Waals surface area contributed by atoms with Crippen LogP contribution in [0, 0.1) is 6.92 Å². The van der Waals surface area contributed by atoms with E-state index in [1.54, 1.807) is 0 Å². The summed E-state index contributed by atoms with van der Waals surface area (Å²) >= 11 is 1.41. The third-order valence-corrected chi connectivity index (χ3v) is 6.40. The van der Waals surface area contributed by atoms with Gasteiger partial charge in [0.1, 0.15) is 0 Å². The van der Waals surface area contributed by atoms with Crippen molar-refractivity contribution in [2.24, 2.45) is 0 Å². The molecule has 2 atom stereocenters. The van der Waals surface area contributed by atoms with Gasteiger partial charge in [-0.05, 0) is 43.9 Å². The quantitative estimate of drug-likeness (QED) is 0.328. The van der Waals surface area contributed by atoms with Gasteiger partial charge in [-0.2, -0.15) is 0 Å². The molecule has 0 saturated heterocycles. The second-order valence-corrected chi connectivity index (χ2v) is 9.03. The van der Waals surface area contributed by atoms with Crippen molar-refractivity contribution < 1.29 is 4.79 Å². The van der Waals surface area contributed by atoms with Gasteiger partial charge in [0.15, 0.2) is 11.0 Å². The molecular weight excluding hydrogens is 404 g/mol. The molecule has 0 aliphatic heterocycles. The summed E-state index contributed by atoms with van der Waals surface area (Å²) in [6.45, 7) is 12.7. The van der Waals surface area contributed by atoms with Crippen molar-refractivity contribution in [1.29, 1.82) is 0 Å². The fourth-order valence-corrected chi connectivity index (χ4v) is 4.23. The van der Waals surface area contributed by atoms with Crippen LogP contribution in [0.1, 0.15) is 44.2 Å². The molecule has 3 aromatic rings. The van der Waals surface area contributed by atoms with Crippen molar-refractivity contribution in [3.63, 3.8) is 0 Å². The Balaban J connectivity index is 1.80. The predicted octanol–water partition coefficient (Wildman–Crippen LogP) is 6.07. The highest BCUT2D eigenvalue weighted by Gasteiger charge is 2.21. The van der Waals surface area contributed by atoms with Gasteiger partial charge in [-0.25, -0.2) is 0 Å². The highest BCUT2D eigenvalue weighted by atomic mass is 32.2. The van der Waals surface area contributed by atoms with Gasteiger partial charge in [-0.1, -0.05) is 73.6 Å². The maximum atomic E-state index is 13.0. The lowest BCUT2D eigenvalue weighted by molar-refractivity contribution is -0.115. The summed E-state index contributed by atoms with van der Waals surface area (Å²) in [4.78, 5) is 13.0. The van der Waals surface area contributed by atoms with Crippen LogP contribution in [0.25, 0.3) is 11.4 Å². The number of para-hydroxylation sites is 1. The second kappa shape index (κ2) is 10.4. The van der Waals surface area contributed by atoms with Crippen LogP contribution in [0.2, 0.25) is 0 Å². The van der Waals surface area contributed by atoms with E-state index in [-0.39, 0.29) is 11.2 Å². The Hall–Kier alpha value is -2.86. The van der Waals surface area contributed by atoms with Gasteiger partial charge in [-0.15, -0.1) is 16.8 Å². The number of rotatable bonds is 9. The summed E-state index contributed by atoms with van der Waals surface area (Å²) < 4.78 is 2.00. The van der Waals surface area contributed by atoms with Crippen molar-refractivity contribution in [1.82, 2.24) is 14.8 Å². The van der Waals surface area contributed by atoms with Crippen LogP contribution in [-0.2, 0) is 11.3 Å². The standard InChI is InChI=1S/C25H30N4OS/c1-6-15-29-23(20-12-10-11-17(3)16-20)27-28-25(29)31-19(5)24(30)26-22-14-9-8-13-21(22)18(4)7-2/h6,8-14,16,18-19H,1,7,15H2,2-5H3,(H,26,30). The second-order valence-electron chi connectivity index (χ2n) is 7.72. The Labute approximate surface area is 189 Å². The lowest BCUT2D eigenvalue weighted by atomic mass is 9.97. The highest BCUT2D eigenvalue weighted by Crippen LogP contribution is 2.30. The zero-order valence-corrected chi connectivity index (χ0v) is 19.4. The number of allylic oxidation sites excluding steroid dienone is 1. The van der Waals surface area contributed by atoms with Crippen molar-refractivity contribution in [3.8, 4) is 11.4 Å². The number of aromatic nitrogens is 3. The van der Waals surface area contributed by atoms with Gasteiger partial charge in [0.05, 0.1) is 5.25 Å². The summed E-state index contributed by atoms with van der Waals surface area (Å²) in [7, 11) is 0. The fourth-order valence-electron chi connectivity index (χ4n) is 3.37. The number of thioether (sulfide) groups is 1. The van der Waals surface area contributed by atoms with Gasteiger partial charge in [0.25, 0.3) is 0 Å². The van der Waals surface area contributed by atoms with Crippen LogP contribution in [0.5, 0.6) is 0 Å². The number of hydrogen-bond acceptors (Lipinski definition) is 4. The molecule has 3 rings (SSSR count). The number of nitrogens with zero attached hydrogens (tertiary/aromatic N) is 3. The molecule has 0 aliphatic carbocycles. The third-order valence-electron chi connectivity index (χ3n) is 5.32. The summed E-state index contributed by atoms with van der Waals surface area (Å²) in [6.07, 6.45) is 2.84. The SMILES string of the molecule is C=CCn1c(SC(C)C(=O)Nc2ccccc2C(C)CC)nnc1-c1cccc(C)c1. The average molecular weight is 435 g/mol.